The molecule has 0 aromatic heterocycles. The number of phenolic OH excluding ortho intramolecular Hbond substituents is 1. The predicted molar refractivity (Wildman–Crippen MR) is 62.5 cm³/mol. The van der Waals surface area contributed by atoms with Gasteiger partial charge in [-0.25, -0.2) is 0 Å². The second-order valence-electron chi connectivity index (χ2n) is 4.31. The highest BCUT2D eigenvalue weighted by Crippen LogP contribution is 2.25. The van der Waals surface area contributed by atoms with Crippen molar-refractivity contribution in [2.75, 3.05) is 6.61 Å². The van der Waals surface area contributed by atoms with E-state index in [9.17, 15) is 15.3 Å². The zero-order valence-corrected chi connectivity index (χ0v) is 9.96. The third-order valence-electron chi connectivity index (χ3n) is 2.94. The summed E-state index contributed by atoms with van der Waals surface area (Å²) < 4.78 is 10.5. The molecule has 1 aromatic carbocycles. The fourth-order valence-corrected chi connectivity index (χ4v) is 1.82. The average Bonchev–Trinajstić information content (AvgIpc) is 2.42. The van der Waals surface area contributed by atoms with Crippen LogP contribution < -0.4 is 4.74 Å². The summed E-state index contributed by atoms with van der Waals surface area (Å²) >= 11 is 0. The maximum atomic E-state index is 9.75. The van der Waals surface area contributed by atoms with E-state index in [1.165, 1.54) is 24.3 Å². The molecular weight excluding hydrogens is 256 g/mol. The van der Waals surface area contributed by atoms with Gasteiger partial charge in [0.25, 0.3) is 0 Å². The van der Waals surface area contributed by atoms with Gasteiger partial charge in [-0.2, -0.15) is 0 Å². The lowest BCUT2D eigenvalue weighted by molar-refractivity contribution is -0.277. The Morgan fingerprint density at radius 2 is 1.63 bits per heavy atom. The summed E-state index contributed by atoms with van der Waals surface area (Å²) in [5, 5.41) is 47.1. The van der Waals surface area contributed by atoms with Gasteiger partial charge in [-0.1, -0.05) is 0 Å². The molecule has 2 rings (SSSR count). The topological polar surface area (TPSA) is 120 Å². The van der Waals surface area contributed by atoms with Crippen LogP contribution in [-0.2, 0) is 4.74 Å². The van der Waals surface area contributed by atoms with E-state index >= 15 is 0 Å². The van der Waals surface area contributed by atoms with Crippen LogP contribution in [0.4, 0.5) is 0 Å². The van der Waals surface area contributed by atoms with Crippen LogP contribution in [0.5, 0.6) is 11.5 Å². The fourth-order valence-electron chi connectivity index (χ4n) is 1.82. The van der Waals surface area contributed by atoms with Gasteiger partial charge in [-0.3, -0.25) is 0 Å². The second-order valence-corrected chi connectivity index (χ2v) is 4.31. The minimum Gasteiger partial charge on any atom is -0.508 e. The van der Waals surface area contributed by atoms with Gasteiger partial charge in [0.1, 0.15) is 35.9 Å². The summed E-state index contributed by atoms with van der Waals surface area (Å²) in [7, 11) is 0. The highest BCUT2D eigenvalue weighted by molar-refractivity contribution is 5.30. The Labute approximate surface area is 109 Å². The summed E-state index contributed by atoms with van der Waals surface area (Å²) in [5.74, 6) is 0.364. The highest BCUT2D eigenvalue weighted by atomic mass is 16.7. The van der Waals surface area contributed by atoms with Crippen LogP contribution in [0.25, 0.3) is 0 Å². The van der Waals surface area contributed by atoms with E-state index < -0.39 is 37.3 Å². The third kappa shape index (κ3) is 2.96. The zero-order chi connectivity index (χ0) is 14.0. The Morgan fingerprint density at radius 3 is 2.21 bits per heavy atom. The molecule has 0 bridgehead atoms. The molecule has 5 atom stereocenters. The Hall–Kier alpha value is -1.38. The van der Waals surface area contributed by atoms with E-state index in [1.54, 1.807) is 0 Å². The third-order valence-corrected chi connectivity index (χ3v) is 2.94. The van der Waals surface area contributed by atoms with Gasteiger partial charge in [0, 0.05) is 0 Å². The summed E-state index contributed by atoms with van der Waals surface area (Å²) in [6, 6.07) is 5.69. The first-order valence-corrected chi connectivity index (χ1v) is 5.79. The van der Waals surface area contributed by atoms with Crippen molar-refractivity contribution in [3.8, 4) is 11.5 Å². The second kappa shape index (κ2) is 5.72. The first-order chi connectivity index (χ1) is 9.02. The molecule has 1 heterocycles. The number of benzene rings is 1. The van der Waals surface area contributed by atoms with E-state index in [0.717, 1.165) is 0 Å². The summed E-state index contributed by atoms with van der Waals surface area (Å²) in [5.41, 5.74) is 0. The molecule has 0 saturated carbocycles. The van der Waals surface area contributed by atoms with Crippen LogP contribution >= 0.6 is 0 Å². The predicted octanol–water partition coefficient (Wildman–Crippen LogP) is -1.43. The monoisotopic (exact) mass is 272 g/mol. The lowest BCUT2D eigenvalue weighted by Crippen LogP contribution is -2.60. The zero-order valence-electron chi connectivity index (χ0n) is 9.96. The number of ether oxygens (including phenoxy) is 2. The van der Waals surface area contributed by atoms with E-state index in [1.807, 2.05) is 0 Å². The van der Waals surface area contributed by atoms with Crippen LogP contribution in [0, 0.1) is 0 Å². The average molecular weight is 272 g/mol. The van der Waals surface area contributed by atoms with Crippen LogP contribution in [0.1, 0.15) is 0 Å². The van der Waals surface area contributed by atoms with Gasteiger partial charge < -0.3 is 35.0 Å². The van der Waals surface area contributed by atoms with Gasteiger partial charge >= 0.3 is 0 Å². The van der Waals surface area contributed by atoms with E-state index in [2.05, 4.69) is 0 Å². The Balaban J connectivity index is 2.08. The van der Waals surface area contributed by atoms with E-state index in [0.29, 0.717) is 5.75 Å². The molecule has 7 nitrogen and oxygen atoms in total. The van der Waals surface area contributed by atoms with Crippen LogP contribution in [-0.4, -0.2) is 62.8 Å². The van der Waals surface area contributed by atoms with Crippen molar-refractivity contribution in [2.45, 2.75) is 30.7 Å². The molecule has 0 spiro atoms. The first-order valence-electron chi connectivity index (χ1n) is 5.79. The van der Waals surface area contributed by atoms with E-state index in [-0.39, 0.29) is 5.75 Å². The molecule has 19 heavy (non-hydrogen) atoms. The SMILES string of the molecule is OCC1O[C@@H](Oc2ccc(O)cc2)[C@@H](O)C(O)[C@@H]1O. The number of hydrogen-bond donors (Lipinski definition) is 5. The van der Waals surface area contributed by atoms with Crippen molar-refractivity contribution < 1.29 is 35.0 Å². The molecule has 0 radical (unpaired) electrons. The fraction of sp³-hybridized carbons (Fsp3) is 0.500. The Kier molecular flexibility index (Phi) is 4.23. The maximum absolute atomic E-state index is 9.75. The standard InChI is InChI=1S/C12H16O7/c13-5-8-9(15)10(16)11(17)12(19-8)18-7-3-1-6(14)2-4-7/h1-4,8-17H,5H2/t8?,9-,10?,11+,12-/m1/s1. The van der Waals surface area contributed by atoms with Crippen LogP contribution in [0.3, 0.4) is 0 Å². The molecule has 1 aliphatic rings. The van der Waals surface area contributed by atoms with Gasteiger partial charge in [0.05, 0.1) is 6.61 Å². The molecule has 1 aliphatic heterocycles. The van der Waals surface area contributed by atoms with Gasteiger partial charge in [0.15, 0.2) is 0 Å². The Morgan fingerprint density at radius 1 is 1.00 bits per heavy atom. The minimum atomic E-state index is -1.48. The number of hydrogen-bond acceptors (Lipinski definition) is 7. The summed E-state index contributed by atoms with van der Waals surface area (Å²) in [4.78, 5) is 0. The van der Waals surface area contributed by atoms with Crippen molar-refractivity contribution in [2.24, 2.45) is 0 Å². The molecule has 1 aromatic rings. The summed E-state index contributed by atoms with van der Waals surface area (Å²) in [6.45, 7) is -0.514. The quantitative estimate of drug-likeness (QED) is 0.457. The van der Waals surface area contributed by atoms with Crippen molar-refractivity contribution in [3.05, 3.63) is 24.3 Å². The molecule has 5 N–H and O–H groups in total. The van der Waals surface area contributed by atoms with Gasteiger partial charge in [0.2, 0.25) is 6.29 Å². The molecular formula is C12H16O7. The molecule has 1 fully saturated rings. The highest BCUT2D eigenvalue weighted by Gasteiger charge is 2.44. The van der Waals surface area contributed by atoms with Crippen molar-refractivity contribution >= 4 is 0 Å². The summed E-state index contributed by atoms with van der Waals surface area (Å²) in [6.07, 6.45) is -6.58. The van der Waals surface area contributed by atoms with Crippen molar-refractivity contribution in [1.82, 2.24) is 0 Å². The first kappa shape index (κ1) is 14.0. The molecule has 0 amide bonds. The number of aromatic hydroxyl groups is 1. The largest absolute Gasteiger partial charge is 0.508 e. The van der Waals surface area contributed by atoms with Gasteiger partial charge in [-0.15, -0.1) is 0 Å². The van der Waals surface area contributed by atoms with Crippen LogP contribution in [0.2, 0.25) is 0 Å². The smallest absolute Gasteiger partial charge is 0.229 e. The normalized spacial score (nSPS) is 35.1. The number of aliphatic hydroxyl groups is 4. The van der Waals surface area contributed by atoms with E-state index in [4.69, 9.17) is 19.7 Å². The number of phenols is 1. The van der Waals surface area contributed by atoms with Crippen molar-refractivity contribution in [3.63, 3.8) is 0 Å². The molecule has 0 aliphatic carbocycles. The van der Waals surface area contributed by atoms with Crippen LogP contribution in [0.15, 0.2) is 24.3 Å². The number of rotatable bonds is 3. The molecule has 106 valence electrons. The Bertz CT molecular complexity index is 405. The van der Waals surface area contributed by atoms with Crippen molar-refractivity contribution in [1.29, 1.82) is 0 Å². The number of aliphatic hydroxyl groups excluding tert-OH is 4. The molecule has 7 heteroatoms. The maximum Gasteiger partial charge on any atom is 0.229 e. The molecule has 2 unspecified atom stereocenters. The molecule has 1 saturated heterocycles. The van der Waals surface area contributed by atoms with Gasteiger partial charge in [-0.05, 0) is 24.3 Å². The lowest BCUT2D eigenvalue weighted by Gasteiger charge is -2.39. The lowest BCUT2D eigenvalue weighted by atomic mass is 9.99. The minimum absolute atomic E-state index is 0.0566.